The molecule has 0 radical (unpaired) electrons. The third-order valence-electron chi connectivity index (χ3n) is 3.29. The van der Waals surface area contributed by atoms with Gasteiger partial charge < -0.3 is 27.9 Å². The number of nitrogens with zero attached hydrogens (tertiary/aromatic N) is 2. The van der Waals surface area contributed by atoms with Crippen molar-refractivity contribution in [3.8, 4) is 0 Å². The highest BCUT2D eigenvalue weighted by Gasteiger charge is 2.07. The van der Waals surface area contributed by atoms with Gasteiger partial charge in [0.2, 0.25) is 5.95 Å². The van der Waals surface area contributed by atoms with Gasteiger partial charge in [0, 0.05) is 41.0 Å². The van der Waals surface area contributed by atoms with Crippen LogP contribution in [0.1, 0.15) is 18.9 Å². The molecule has 24 heavy (non-hydrogen) atoms. The Morgan fingerprint density at radius 1 is 1.29 bits per heavy atom. The molecule has 0 unspecified atom stereocenters. The first-order chi connectivity index (χ1) is 11.5. The van der Waals surface area contributed by atoms with Crippen LogP contribution in [-0.2, 0) is 0 Å². The second kappa shape index (κ2) is 7.77. The summed E-state index contributed by atoms with van der Waals surface area (Å²) in [6.45, 7) is 1.86. The first-order valence-corrected chi connectivity index (χ1v) is 7.40. The molecule has 2 aromatic rings. The summed E-state index contributed by atoms with van der Waals surface area (Å²) in [5.74, 6) is 0.764. The van der Waals surface area contributed by atoms with E-state index in [1.165, 1.54) is 0 Å². The molecule has 0 saturated carbocycles. The SMILES string of the molecule is C/C=C(N)\C=C/CC(=N)c1cc(Nc2ccnc(N)n2)ccc1N. The molecule has 8 N–H and O–H groups in total. The zero-order valence-corrected chi connectivity index (χ0v) is 13.5. The molecule has 0 aliphatic heterocycles. The highest BCUT2D eigenvalue weighted by Crippen LogP contribution is 2.22. The molecule has 0 aliphatic rings. The summed E-state index contributed by atoms with van der Waals surface area (Å²) in [6.07, 6.45) is 7.41. The van der Waals surface area contributed by atoms with Crippen LogP contribution in [0.25, 0.3) is 0 Å². The molecular weight excluding hydrogens is 302 g/mol. The Morgan fingerprint density at radius 3 is 2.79 bits per heavy atom. The molecule has 1 heterocycles. The number of rotatable bonds is 6. The van der Waals surface area contributed by atoms with Crippen LogP contribution in [0, 0.1) is 5.41 Å². The summed E-state index contributed by atoms with van der Waals surface area (Å²) in [5.41, 5.74) is 20.3. The topological polar surface area (TPSA) is 140 Å². The summed E-state index contributed by atoms with van der Waals surface area (Å²) in [5, 5.41) is 11.3. The fourth-order valence-electron chi connectivity index (χ4n) is 2.01. The summed E-state index contributed by atoms with van der Waals surface area (Å²) in [4.78, 5) is 7.93. The van der Waals surface area contributed by atoms with E-state index in [-0.39, 0.29) is 5.95 Å². The van der Waals surface area contributed by atoms with Crippen molar-refractivity contribution in [2.24, 2.45) is 5.73 Å². The summed E-state index contributed by atoms with van der Waals surface area (Å²) in [7, 11) is 0. The zero-order chi connectivity index (χ0) is 17.5. The lowest BCUT2D eigenvalue weighted by molar-refractivity contribution is 1.18. The van der Waals surface area contributed by atoms with E-state index < -0.39 is 0 Å². The molecular formula is C17H21N7. The van der Waals surface area contributed by atoms with E-state index in [2.05, 4.69) is 15.3 Å². The highest BCUT2D eigenvalue weighted by molar-refractivity contribution is 6.04. The van der Waals surface area contributed by atoms with Crippen LogP contribution < -0.4 is 22.5 Å². The minimum Gasteiger partial charge on any atom is -0.399 e. The molecule has 7 nitrogen and oxygen atoms in total. The Hall–Kier alpha value is -3.35. The molecule has 0 spiro atoms. The quantitative estimate of drug-likeness (QED) is 0.314. The molecule has 7 heteroatoms. The van der Waals surface area contributed by atoms with E-state index >= 15 is 0 Å². The summed E-state index contributed by atoms with van der Waals surface area (Å²) >= 11 is 0. The summed E-state index contributed by atoms with van der Waals surface area (Å²) < 4.78 is 0. The van der Waals surface area contributed by atoms with Crippen LogP contribution in [0.4, 0.5) is 23.1 Å². The van der Waals surface area contributed by atoms with E-state index in [9.17, 15) is 0 Å². The number of nitrogen functional groups attached to an aromatic ring is 2. The first kappa shape index (κ1) is 17.0. The maximum atomic E-state index is 8.22. The largest absolute Gasteiger partial charge is 0.399 e. The lowest BCUT2D eigenvalue weighted by atomic mass is 10.0. The van der Waals surface area contributed by atoms with Crippen molar-refractivity contribution in [3.63, 3.8) is 0 Å². The normalized spacial score (nSPS) is 11.6. The monoisotopic (exact) mass is 323 g/mol. The number of hydrogen-bond acceptors (Lipinski definition) is 7. The van der Waals surface area contributed by atoms with Gasteiger partial charge in [0.25, 0.3) is 0 Å². The molecule has 0 bridgehead atoms. The molecule has 1 aromatic heterocycles. The van der Waals surface area contributed by atoms with Crippen molar-refractivity contribution in [3.05, 3.63) is 60.0 Å². The van der Waals surface area contributed by atoms with Gasteiger partial charge in [-0.2, -0.15) is 4.98 Å². The maximum Gasteiger partial charge on any atom is 0.221 e. The molecule has 0 saturated heterocycles. The van der Waals surface area contributed by atoms with Gasteiger partial charge >= 0.3 is 0 Å². The van der Waals surface area contributed by atoms with Crippen molar-refractivity contribution >= 4 is 28.9 Å². The maximum absolute atomic E-state index is 8.22. The predicted octanol–water partition coefficient (Wildman–Crippen LogP) is 2.56. The van der Waals surface area contributed by atoms with E-state index in [0.717, 1.165) is 5.69 Å². The Bertz CT molecular complexity index is 793. The van der Waals surface area contributed by atoms with Crippen molar-refractivity contribution < 1.29 is 0 Å². The number of hydrogen-bond donors (Lipinski definition) is 5. The van der Waals surface area contributed by atoms with Gasteiger partial charge in [-0.15, -0.1) is 0 Å². The van der Waals surface area contributed by atoms with Crippen molar-refractivity contribution in [1.29, 1.82) is 5.41 Å². The molecule has 0 fully saturated rings. The second-order valence-corrected chi connectivity index (χ2v) is 5.10. The van der Waals surface area contributed by atoms with E-state index in [4.69, 9.17) is 22.6 Å². The number of benzene rings is 1. The van der Waals surface area contributed by atoms with Crippen LogP contribution >= 0.6 is 0 Å². The Kier molecular flexibility index (Phi) is 5.51. The molecule has 2 rings (SSSR count). The fraction of sp³-hybridized carbons (Fsp3) is 0.118. The molecule has 0 atom stereocenters. The van der Waals surface area contributed by atoms with Gasteiger partial charge in [-0.25, -0.2) is 4.98 Å². The van der Waals surface area contributed by atoms with Gasteiger partial charge in [-0.1, -0.05) is 12.2 Å². The van der Waals surface area contributed by atoms with Gasteiger partial charge in [0.05, 0.1) is 0 Å². The number of anilines is 4. The van der Waals surface area contributed by atoms with Crippen LogP contribution in [0.15, 0.2) is 54.4 Å². The average Bonchev–Trinajstić information content (AvgIpc) is 2.56. The van der Waals surface area contributed by atoms with Gasteiger partial charge in [0.1, 0.15) is 5.82 Å². The lowest BCUT2D eigenvalue weighted by Crippen LogP contribution is -2.05. The molecule has 0 aliphatic carbocycles. The number of aromatic nitrogens is 2. The van der Waals surface area contributed by atoms with Crippen molar-refractivity contribution in [1.82, 2.24) is 9.97 Å². The van der Waals surface area contributed by atoms with Crippen LogP contribution in [0.5, 0.6) is 0 Å². The van der Waals surface area contributed by atoms with E-state index in [1.807, 2.05) is 25.1 Å². The minimum absolute atomic E-state index is 0.190. The Balaban J connectivity index is 2.16. The summed E-state index contributed by atoms with van der Waals surface area (Å²) in [6, 6.07) is 7.09. The lowest BCUT2D eigenvalue weighted by Gasteiger charge is -2.11. The van der Waals surface area contributed by atoms with Gasteiger partial charge in [0.15, 0.2) is 0 Å². The van der Waals surface area contributed by atoms with Gasteiger partial charge in [-0.3, -0.25) is 0 Å². The predicted molar refractivity (Wildman–Crippen MR) is 99.1 cm³/mol. The average molecular weight is 323 g/mol. The third-order valence-corrected chi connectivity index (χ3v) is 3.29. The zero-order valence-electron chi connectivity index (χ0n) is 13.5. The Labute approximate surface area is 140 Å². The minimum atomic E-state index is 0.190. The van der Waals surface area contributed by atoms with Crippen molar-refractivity contribution in [2.75, 3.05) is 16.8 Å². The second-order valence-electron chi connectivity index (χ2n) is 5.10. The van der Waals surface area contributed by atoms with E-state index in [1.54, 1.807) is 30.5 Å². The first-order valence-electron chi connectivity index (χ1n) is 7.40. The fourth-order valence-corrected chi connectivity index (χ4v) is 2.01. The van der Waals surface area contributed by atoms with Crippen LogP contribution in [0.3, 0.4) is 0 Å². The van der Waals surface area contributed by atoms with E-state index in [0.29, 0.717) is 34.9 Å². The molecule has 0 amide bonds. The Morgan fingerprint density at radius 2 is 2.08 bits per heavy atom. The third kappa shape index (κ3) is 4.57. The van der Waals surface area contributed by atoms with Crippen LogP contribution in [0.2, 0.25) is 0 Å². The number of allylic oxidation sites excluding steroid dienone is 3. The molecule has 1 aromatic carbocycles. The van der Waals surface area contributed by atoms with Crippen LogP contribution in [-0.4, -0.2) is 15.7 Å². The molecule has 124 valence electrons. The highest BCUT2D eigenvalue weighted by atomic mass is 15.1. The van der Waals surface area contributed by atoms with Crippen molar-refractivity contribution in [2.45, 2.75) is 13.3 Å². The number of nitrogens with two attached hydrogens (primary N) is 3. The standard InChI is InChI=1S/C17H21N7/c1-2-11(18)4-3-5-14(19)13-10-12(6-7-15(13)20)23-16-8-9-22-17(21)24-16/h2-4,6-10,19H,5,18,20H2,1H3,(H3,21,22,23,24)/b4-3-,11-2+,19-14?. The van der Waals surface area contributed by atoms with Gasteiger partial charge in [-0.05, 0) is 37.3 Å². The smallest absolute Gasteiger partial charge is 0.221 e. The number of nitrogens with one attached hydrogen (secondary N) is 2.